The number of amides is 2. The van der Waals surface area contributed by atoms with E-state index in [0.29, 0.717) is 13.0 Å². The maximum atomic E-state index is 11.9. The van der Waals surface area contributed by atoms with Crippen LogP contribution in [0.4, 0.5) is 4.79 Å². The second kappa shape index (κ2) is 8.38. The molecule has 0 unspecified atom stereocenters. The van der Waals surface area contributed by atoms with Gasteiger partial charge < -0.3 is 25.6 Å². The highest BCUT2D eigenvalue weighted by molar-refractivity contribution is 5.85. The third kappa shape index (κ3) is 7.51. The van der Waals surface area contributed by atoms with Crippen LogP contribution in [-0.4, -0.2) is 47.0 Å². The summed E-state index contributed by atoms with van der Waals surface area (Å²) in [5, 5.41) is 23.4. The number of benzene rings is 1. The predicted octanol–water partition coefficient (Wildman–Crippen LogP) is 0.937. The fraction of sp³-hybridized carbons (Fsp3) is 0.500. The number of ether oxygens (including phenoxy) is 1. The number of aliphatic hydroxyl groups excluding tert-OH is 1. The monoisotopic (exact) mass is 324 g/mol. The fourth-order valence-electron chi connectivity index (χ4n) is 1.76. The molecule has 0 aliphatic rings. The fourth-order valence-corrected chi connectivity index (χ4v) is 1.76. The number of hydrogen-bond acceptors (Lipinski definition) is 5. The molecule has 0 fully saturated rings. The normalized spacial score (nSPS) is 12.3. The van der Waals surface area contributed by atoms with Crippen LogP contribution in [0, 0.1) is 0 Å². The Morgan fingerprint density at radius 3 is 2.35 bits per heavy atom. The van der Waals surface area contributed by atoms with Gasteiger partial charge in [-0.3, -0.25) is 4.79 Å². The Balaban J connectivity index is 2.41. The highest BCUT2D eigenvalue weighted by atomic mass is 16.6. The van der Waals surface area contributed by atoms with Gasteiger partial charge in [0.25, 0.3) is 0 Å². The third-order valence-corrected chi connectivity index (χ3v) is 2.84. The molecule has 128 valence electrons. The predicted molar refractivity (Wildman–Crippen MR) is 85.1 cm³/mol. The lowest BCUT2D eigenvalue weighted by Gasteiger charge is -2.22. The van der Waals surface area contributed by atoms with E-state index in [-0.39, 0.29) is 5.75 Å². The van der Waals surface area contributed by atoms with E-state index in [1.807, 2.05) is 0 Å². The lowest BCUT2D eigenvalue weighted by atomic mass is 10.1. The molecule has 0 bridgehead atoms. The van der Waals surface area contributed by atoms with Crippen LogP contribution in [0.15, 0.2) is 24.3 Å². The van der Waals surface area contributed by atoms with Crippen LogP contribution in [0.25, 0.3) is 0 Å². The molecule has 1 rings (SSSR count). The zero-order valence-corrected chi connectivity index (χ0v) is 13.6. The van der Waals surface area contributed by atoms with Crippen molar-refractivity contribution in [3.8, 4) is 5.75 Å². The molecular weight excluding hydrogens is 300 g/mol. The average Bonchev–Trinajstić information content (AvgIpc) is 2.44. The van der Waals surface area contributed by atoms with E-state index in [1.54, 1.807) is 45.0 Å². The molecule has 7 heteroatoms. The Bertz CT molecular complexity index is 522. The standard InChI is InChI=1S/C16H24N2O5/c1-16(2,3)23-15(22)18-13(10-19)14(21)17-9-8-11-4-6-12(20)7-5-11/h4-7,13,19-20H,8-10H2,1-3H3,(H,17,21)(H,18,22)/t13-/m0/s1. The quantitative estimate of drug-likeness (QED) is 0.623. The summed E-state index contributed by atoms with van der Waals surface area (Å²) in [6.07, 6.45) is -0.193. The second-order valence-electron chi connectivity index (χ2n) is 6.09. The van der Waals surface area contributed by atoms with Crippen LogP contribution < -0.4 is 10.6 Å². The topological polar surface area (TPSA) is 108 Å². The van der Waals surface area contributed by atoms with Crippen molar-refractivity contribution in [3.05, 3.63) is 29.8 Å². The number of phenolic OH excluding ortho intramolecular Hbond substituents is 1. The maximum Gasteiger partial charge on any atom is 0.408 e. The van der Waals surface area contributed by atoms with Crippen LogP contribution in [0.1, 0.15) is 26.3 Å². The van der Waals surface area contributed by atoms with Gasteiger partial charge in [-0.2, -0.15) is 0 Å². The van der Waals surface area contributed by atoms with Crippen molar-refractivity contribution in [2.24, 2.45) is 0 Å². The molecule has 1 aromatic carbocycles. The second-order valence-corrected chi connectivity index (χ2v) is 6.09. The summed E-state index contributed by atoms with van der Waals surface area (Å²) in [5.41, 5.74) is 0.267. The van der Waals surface area contributed by atoms with Gasteiger partial charge in [0.05, 0.1) is 6.61 Å². The highest BCUT2D eigenvalue weighted by Crippen LogP contribution is 2.09. The summed E-state index contributed by atoms with van der Waals surface area (Å²) >= 11 is 0. The van der Waals surface area contributed by atoms with E-state index in [0.717, 1.165) is 5.56 Å². The number of aromatic hydroxyl groups is 1. The maximum absolute atomic E-state index is 11.9. The Kier molecular flexibility index (Phi) is 6.84. The summed E-state index contributed by atoms with van der Waals surface area (Å²) in [5.74, 6) is -0.308. The first kappa shape index (κ1) is 18.8. The van der Waals surface area contributed by atoms with Gasteiger partial charge in [-0.1, -0.05) is 12.1 Å². The van der Waals surface area contributed by atoms with Crippen LogP contribution >= 0.6 is 0 Å². The molecular formula is C16H24N2O5. The number of phenols is 1. The zero-order valence-electron chi connectivity index (χ0n) is 13.6. The number of alkyl carbamates (subject to hydrolysis) is 1. The van der Waals surface area contributed by atoms with Crippen LogP contribution in [0.2, 0.25) is 0 Å². The van der Waals surface area contributed by atoms with Crippen LogP contribution in [0.5, 0.6) is 5.75 Å². The van der Waals surface area contributed by atoms with Gasteiger partial charge in [-0.25, -0.2) is 4.79 Å². The van der Waals surface area contributed by atoms with E-state index < -0.39 is 30.3 Å². The first-order valence-corrected chi connectivity index (χ1v) is 7.37. The summed E-state index contributed by atoms with van der Waals surface area (Å²) in [6, 6.07) is 5.58. The van der Waals surface area contributed by atoms with Gasteiger partial charge in [0.1, 0.15) is 17.4 Å². The molecule has 0 spiro atoms. The molecule has 1 aromatic rings. The largest absolute Gasteiger partial charge is 0.508 e. The number of carbonyl (C=O) groups excluding carboxylic acids is 2. The molecule has 4 N–H and O–H groups in total. The van der Waals surface area contributed by atoms with Crippen molar-refractivity contribution in [2.45, 2.75) is 38.8 Å². The van der Waals surface area contributed by atoms with Crippen molar-refractivity contribution < 1.29 is 24.5 Å². The summed E-state index contributed by atoms with van der Waals surface area (Å²) in [7, 11) is 0. The molecule has 23 heavy (non-hydrogen) atoms. The lowest BCUT2D eigenvalue weighted by molar-refractivity contribution is -0.124. The SMILES string of the molecule is CC(C)(C)OC(=O)N[C@@H](CO)C(=O)NCCc1ccc(O)cc1. The molecule has 0 saturated heterocycles. The van der Waals surface area contributed by atoms with E-state index in [2.05, 4.69) is 10.6 Å². The van der Waals surface area contributed by atoms with Crippen molar-refractivity contribution in [2.75, 3.05) is 13.2 Å². The minimum absolute atomic E-state index is 0.180. The van der Waals surface area contributed by atoms with Crippen molar-refractivity contribution >= 4 is 12.0 Å². The first-order chi connectivity index (χ1) is 10.7. The molecule has 7 nitrogen and oxygen atoms in total. The van der Waals surface area contributed by atoms with Gasteiger partial charge in [-0.15, -0.1) is 0 Å². The first-order valence-electron chi connectivity index (χ1n) is 7.37. The van der Waals surface area contributed by atoms with Crippen LogP contribution in [-0.2, 0) is 16.0 Å². The Morgan fingerprint density at radius 2 is 1.83 bits per heavy atom. The smallest absolute Gasteiger partial charge is 0.408 e. The highest BCUT2D eigenvalue weighted by Gasteiger charge is 2.23. The Hall–Kier alpha value is -2.28. The Morgan fingerprint density at radius 1 is 1.22 bits per heavy atom. The zero-order chi connectivity index (χ0) is 17.5. The van der Waals surface area contributed by atoms with E-state index in [9.17, 15) is 19.8 Å². The van der Waals surface area contributed by atoms with Crippen LogP contribution in [0.3, 0.4) is 0 Å². The number of aliphatic hydroxyl groups is 1. The summed E-state index contributed by atoms with van der Waals surface area (Å²) in [4.78, 5) is 23.5. The molecule has 2 amide bonds. The Labute approximate surface area is 135 Å². The lowest BCUT2D eigenvalue weighted by Crippen LogP contribution is -2.50. The number of rotatable bonds is 6. The van der Waals surface area contributed by atoms with E-state index in [4.69, 9.17) is 4.74 Å². The molecule has 0 aliphatic heterocycles. The molecule has 0 heterocycles. The molecule has 0 aromatic heterocycles. The van der Waals surface area contributed by atoms with Crippen molar-refractivity contribution in [1.82, 2.24) is 10.6 Å². The third-order valence-electron chi connectivity index (χ3n) is 2.84. The number of hydrogen-bond donors (Lipinski definition) is 4. The molecule has 0 aliphatic carbocycles. The van der Waals surface area contributed by atoms with Gasteiger partial charge >= 0.3 is 6.09 Å². The molecule has 0 radical (unpaired) electrons. The van der Waals surface area contributed by atoms with Gasteiger partial charge in [0, 0.05) is 6.54 Å². The van der Waals surface area contributed by atoms with E-state index in [1.165, 1.54) is 0 Å². The van der Waals surface area contributed by atoms with Crippen molar-refractivity contribution in [1.29, 1.82) is 0 Å². The van der Waals surface area contributed by atoms with Gasteiger partial charge in [0.15, 0.2) is 0 Å². The molecule has 0 saturated carbocycles. The van der Waals surface area contributed by atoms with E-state index >= 15 is 0 Å². The minimum atomic E-state index is -1.07. The minimum Gasteiger partial charge on any atom is -0.508 e. The van der Waals surface area contributed by atoms with Crippen molar-refractivity contribution in [3.63, 3.8) is 0 Å². The summed E-state index contributed by atoms with van der Waals surface area (Å²) in [6.45, 7) is 4.94. The number of nitrogens with one attached hydrogen (secondary N) is 2. The average molecular weight is 324 g/mol. The summed E-state index contributed by atoms with van der Waals surface area (Å²) < 4.78 is 5.04. The van der Waals surface area contributed by atoms with Gasteiger partial charge in [0.2, 0.25) is 5.91 Å². The number of carbonyl (C=O) groups is 2. The molecule has 1 atom stereocenters. The van der Waals surface area contributed by atoms with Gasteiger partial charge in [-0.05, 0) is 44.9 Å².